The van der Waals surface area contributed by atoms with Crippen molar-refractivity contribution in [2.75, 3.05) is 16.8 Å². The lowest BCUT2D eigenvalue weighted by molar-refractivity contribution is -0.175. The van der Waals surface area contributed by atoms with Crippen molar-refractivity contribution in [2.24, 2.45) is 0 Å². The molecule has 0 saturated carbocycles. The number of carbonyl (C=O) groups excluding carboxylic acids is 3. The first-order valence-electron chi connectivity index (χ1n) is 9.74. The van der Waals surface area contributed by atoms with E-state index in [1.807, 2.05) is 0 Å². The number of nitrogens with zero attached hydrogens (tertiary/aromatic N) is 1. The van der Waals surface area contributed by atoms with Crippen molar-refractivity contribution >= 4 is 40.9 Å². The van der Waals surface area contributed by atoms with E-state index in [9.17, 15) is 28.3 Å². The molecule has 2 aliphatic rings. The second kappa shape index (κ2) is 8.36. The predicted molar refractivity (Wildman–Crippen MR) is 110 cm³/mol. The second-order valence-corrected chi connectivity index (χ2v) is 7.82. The predicted octanol–water partition coefficient (Wildman–Crippen LogP) is 2.85. The molecule has 11 heteroatoms. The molecule has 0 aliphatic carbocycles. The van der Waals surface area contributed by atoms with Crippen molar-refractivity contribution in [2.45, 2.75) is 31.6 Å². The molecule has 168 valence electrons. The van der Waals surface area contributed by atoms with E-state index in [1.54, 1.807) is 18.2 Å². The SMILES string of the molecule is O=C1CCc2cc(N3CC[C@](O)(OC(=O)NCc4c(F)ccc(F)c4Cl)C3=O)ccc2N1. The van der Waals surface area contributed by atoms with Gasteiger partial charge in [-0.25, -0.2) is 13.6 Å². The molecule has 1 atom stereocenters. The molecule has 2 aromatic rings. The van der Waals surface area contributed by atoms with Crippen molar-refractivity contribution in [3.05, 3.63) is 58.1 Å². The Bertz CT molecular complexity index is 1130. The molecule has 4 rings (SSSR count). The fourth-order valence-corrected chi connectivity index (χ4v) is 3.86. The zero-order chi connectivity index (χ0) is 23.0. The van der Waals surface area contributed by atoms with Gasteiger partial charge in [0.25, 0.3) is 11.7 Å². The van der Waals surface area contributed by atoms with Crippen LogP contribution in [0.2, 0.25) is 5.02 Å². The zero-order valence-corrected chi connectivity index (χ0v) is 17.3. The number of rotatable bonds is 4. The number of ether oxygens (including phenoxy) is 1. The first-order chi connectivity index (χ1) is 15.2. The van der Waals surface area contributed by atoms with E-state index < -0.39 is 41.0 Å². The number of aryl methyl sites for hydroxylation is 1. The summed E-state index contributed by atoms with van der Waals surface area (Å²) in [4.78, 5) is 37.7. The first-order valence-corrected chi connectivity index (χ1v) is 10.1. The molecular formula is C21H18ClF2N3O5. The highest BCUT2D eigenvalue weighted by Crippen LogP contribution is 2.33. The average molecular weight is 466 g/mol. The number of amides is 3. The summed E-state index contributed by atoms with van der Waals surface area (Å²) in [7, 11) is 0. The molecule has 0 spiro atoms. The number of alkyl carbamates (subject to hydrolysis) is 1. The Morgan fingerprint density at radius 1 is 1.22 bits per heavy atom. The minimum atomic E-state index is -2.42. The molecule has 3 amide bonds. The molecule has 0 aromatic heterocycles. The maximum absolute atomic E-state index is 13.8. The number of aliphatic hydroxyl groups is 1. The number of carbonyl (C=O) groups is 3. The number of fused-ring (bicyclic) bond motifs is 1. The van der Waals surface area contributed by atoms with Gasteiger partial charge in [-0.05, 0) is 42.3 Å². The van der Waals surface area contributed by atoms with Crippen molar-refractivity contribution < 1.29 is 33.0 Å². The Morgan fingerprint density at radius 2 is 1.97 bits per heavy atom. The third kappa shape index (κ3) is 4.11. The van der Waals surface area contributed by atoms with Crippen LogP contribution in [-0.2, 0) is 27.3 Å². The third-order valence-electron chi connectivity index (χ3n) is 5.36. The molecule has 32 heavy (non-hydrogen) atoms. The van der Waals surface area contributed by atoms with Gasteiger partial charge in [-0.2, -0.15) is 0 Å². The molecule has 1 saturated heterocycles. The normalized spacial score (nSPS) is 20.1. The lowest BCUT2D eigenvalue weighted by atomic mass is 10.0. The van der Waals surface area contributed by atoms with Crippen LogP contribution in [0.1, 0.15) is 24.0 Å². The topological polar surface area (TPSA) is 108 Å². The fourth-order valence-electron chi connectivity index (χ4n) is 3.64. The van der Waals surface area contributed by atoms with Gasteiger partial charge in [0.05, 0.1) is 11.6 Å². The number of hydrogen-bond acceptors (Lipinski definition) is 5. The molecule has 2 aliphatic heterocycles. The molecule has 0 unspecified atom stereocenters. The highest BCUT2D eigenvalue weighted by molar-refractivity contribution is 6.31. The molecular weight excluding hydrogens is 448 g/mol. The van der Waals surface area contributed by atoms with Gasteiger partial charge in [0, 0.05) is 36.3 Å². The second-order valence-electron chi connectivity index (χ2n) is 7.45. The Labute approximate surface area is 186 Å². The number of anilines is 2. The number of benzene rings is 2. The zero-order valence-electron chi connectivity index (χ0n) is 16.6. The summed E-state index contributed by atoms with van der Waals surface area (Å²) in [5.74, 6) is -5.04. The number of hydrogen-bond donors (Lipinski definition) is 3. The van der Waals surface area contributed by atoms with E-state index in [0.29, 0.717) is 24.2 Å². The number of nitrogens with one attached hydrogen (secondary N) is 2. The van der Waals surface area contributed by atoms with Crippen molar-refractivity contribution in [1.29, 1.82) is 0 Å². The van der Waals surface area contributed by atoms with Crippen LogP contribution in [0.5, 0.6) is 0 Å². The standard InChI is InChI=1S/C21H18ClF2N3O5/c22-18-13(14(23)3-4-15(18)24)10-25-20(30)32-21(31)7-8-27(19(21)29)12-2-5-16-11(9-12)1-6-17(28)26-16/h2-5,9,31H,1,6-8,10H2,(H,25,30)(H,26,28)/t21-/m0/s1. The Kier molecular flexibility index (Phi) is 5.74. The van der Waals surface area contributed by atoms with Crippen LogP contribution in [0.15, 0.2) is 30.3 Å². The highest BCUT2D eigenvalue weighted by Gasteiger charge is 2.49. The third-order valence-corrected chi connectivity index (χ3v) is 5.77. The summed E-state index contributed by atoms with van der Waals surface area (Å²) >= 11 is 5.71. The maximum Gasteiger partial charge on any atom is 0.410 e. The Balaban J connectivity index is 1.42. The maximum atomic E-state index is 13.8. The summed E-state index contributed by atoms with van der Waals surface area (Å²) in [5, 5.41) is 15.0. The summed E-state index contributed by atoms with van der Waals surface area (Å²) < 4.78 is 32.2. The Hall–Kier alpha value is -3.24. The van der Waals surface area contributed by atoms with Gasteiger partial charge in [0.2, 0.25) is 5.91 Å². The molecule has 3 N–H and O–H groups in total. The highest BCUT2D eigenvalue weighted by atomic mass is 35.5. The first kappa shape index (κ1) is 22.0. The monoisotopic (exact) mass is 465 g/mol. The molecule has 1 fully saturated rings. The lowest BCUT2D eigenvalue weighted by Crippen LogP contribution is -2.46. The van der Waals surface area contributed by atoms with Gasteiger partial charge in [0.1, 0.15) is 11.6 Å². The van der Waals surface area contributed by atoms with Crippen LogP contribution in [0.3, 0.4) is 0 Å². The fraction of sp³-hybridized carbons (Fsp3) is 0.286. The quantitative estimate of drug-likeness (QED) is 0.475. The van der Waals surface area contributed by atoms with Gasteiger partial charge in [-0.3, -0.25) is 9.59 Å². The van der Waals surface area contributed by atoms with Crippen LogP contribution in [0.4, 0.5) is 25.0 Å². The molecule has 0 bridgehead atoms. The molecule has 2 heterocycles. The van der Waals surface area contributed by atoms with Crippen LogP contribution < -0.4 is 15.5 Å². The van der Waals surface area contributed by atoms with Crippen molar-refractivity contribution in [3.63, 3.8) is 0 Å². The summed E-state index contributed by atoms with van der Waals surface area (Å²) in [5.41, 5.74) is 1.69. The van der Waals surface area contributed by atoms with E-state index in [0.717, 1.165) is 17.7 Å². The molecule has 2 aromatic carbocycles. The minimum absolute atomic E-state index is 0.0815. The average Bonchev–Trinajstić information content (AvgIpc) is 3.04. The van der Waals surface area contributed by atoms with Gasteiger partial charge in [-0.1, -0.05) is 11.6 Å². The summed E-state index contributed by atoms with van der Waals surface area (Å²) in [6.07, 6.45) is -0.551. The van der Waals surface area contributed by atoms with Crippen LogP contribution >= 0.6 is 11.6 Å². The minimum Gasteiger partial charge on any atom is -0.407 e. The summed E-state index contributed by atoms with van der Waals surface area (Å²) in [6, 6.07) is 6.72. The van der Waals surface area contributed by atoms with Gasteiger partial charge in [-0.15, -0.1) is 0 Å². The van der Waals surface area contributed by atoms with Crippen LogP contribution in [0.25, 0.3) is 0 Å². The lowest BCUT2D eigenvalue weighted by Gasteiger charge is -2.24. The number of halogens is 3. The smallest absolute Gasteiger partial charge is 0.407 e. The van der Waals surface area contributed by atoms with Gasteiger partial charge in [0.15, 0.2) is 0 Å². The van der Waals surface area contributed by atoms with E-state index in [2.05, 4.69) is 10.6 Å². The summed E-state index contributed by atoms with van der Waals surface area (Å²) in [6.45, 7) is -0.427. The van der Waals surface area contributed by atoms with E-state index in [-0.39, 0.29) is 24.4 Å². The van der Waals surface area contributed by atoms with Crippen LogP contribution in [0, 0.1) is 11.6 Å². The van der Waals surface area contributed by atoms with E-state index in [1.165, 1.54) is 4.90 Å². The van der Waals surface area contributed by atoms with Crippen molar-refractivity contribution in [1.82, 2.24) is 5.32 Å². The van der Waals surface area contributed by atoms with Crippen molar-refractivity contribution in [3.8, 4) is 0 Å². The van der Waals surface area contributed by atoms with Gasteiger partial charge < -0.3 is 25.4 Å². The van der Waals surface area contributed by atoms with Crippen LogP contribution in [-0.4, -0.2) is 35.3 Å². The molecule has 0 radical (unpaired) electrons. The van der Waals surface area contributed by atoms with Gasteiger partial charge >= 0.3 is 6.09 Å². The largest absolute Gasteiger partial charge is 0.410 e. The Morgan fingerprint density at radius 3 is 2.75 bits per heavy atom. The van der Waals surface area contributed by atoms with E-state index in [4.69, 9.17) is 16.3 Å². The molecule has 8 nitrogen and oxygen atoms in total. The van der Waals surface area contributed by atoms with E-state index >= 15 is 0 Å².